The minimum Gasteiger partial charge on any atom is -0.459 e. The van der Waals surface area contributed by atoms with Crippen LogP contribution in [0.4, 0.5) is 0 Å². The van der Waals surface area contributed by atoms with Crippen LogP contribution in [0.1, 0.15) is 40.1 Å². The number of carbonyl (C=O) groups excluding carboxylic acids is 2. The second-order valence-electron chi connectivity index (χ2n) is 4.13. The number of thioether (sulfide) groups is 1. The van der Waals surface area contributed by atoms with Gasteiger partial charge in [-0.1, -0.05) is 0 Å². The van der Waals surface area contributed by atoms with Gasteiger partial charge in [-0.3, -0.25) is 4.79 Å². The van der Waals surface area contributed by atoms with Crippen molar-refractivity contribution >= 4 is 23.6 Å². The highest BCUT2D eigenvalue weighted by atomic mass is 32.2. The number of carbonyl (C=O) groups is 2. The molecule has 1 rings (SSSR count). The summed E-state index contributed by atoms with van der Waals surface area (Å²) in [4.78, 5) is 24.1. The van der Waals surface area contributed by atoms with Crippen LogP contribution in [0.3, 0.4) is 0 Å². The lowest BCUT2D eigenvalue weighted by Gasteiger charge is -2.14. The van der Waals surface area contributed by atoms with Crippen molar-refractivity contribution < 1.29 is 14.3 Å². The zero-order valence-electron chi connectivity index (χ0n) is 10.9. The minimum atomic E-state index is -0.543. The lowest BCUT2D eigenvalue weighted by molar-refractivity contribution is 0.0373. The van der Waals surface area contributed by atoms with E-state index < -0.39 is 11.9 Å². The van der Waals surface area contributed by atoms with Crippen LogP contribution in [-0.4, -0.2) is 24.2 Å². The second kappa shape index (κ2) is 5.91. The van der Waals surface area contributed by atoms with Gasteiger partial charge in [-0.15, -0.1) is 11.8 Å². The molecular formula is C13H17NO3S. The van der Waals surface area contributed by atoms with Crippen molar-refractivity contribution in [3.63, 3.8) is 0 Å². The van der Waals surface area contributed by atoms with E-state index in [-0.39, 0.29) is 6.10 Å². The highest BCUT2D eigenvalue weighted by molar-refractivity contribution is 7.98. The molecule has 0 aromatic heterocycles. The summed E-state index contributed by atoms with van der Waals surface area (Å²) in [5.41, 5.74) is 6.62. The Bertz CT molecular complexity index is 483. The fourth-order valence-corrected chi connectivity index (χ4v) is 2.30. The molecule has 1 aromatic carbocycles. The molecule has 4 nitrogen and oxygen atoms in total. The highest BCUT2D eigenvalue weighted by Crippen LogP contribution is 2.27. The topological polar surface area (TPSA) is 69.4 Å². The molecule has 0 aliphatic heterocycles. The molecule has 0 fully saturated rings. The summed E-state index contributed by atoms with van der Waals surface area (Å²) >= 11 is 1.43. The first-order chi connectivity index (χ1) is 8.38. The van der Waals surface area contributed by atoms with Crippen LogP contribution >= 0.6 is 11.8 Å². The predicted octanol–water partition coefficient (Wildman–Crippen LogP) is 2.38. The zero-order valence-corrected chi connectivity index (χ0v) is 11.8. The third-order valence-corrected chi connectivity index (χ3v) is 3.24. The first-order valence-corrected chi connectivity index (χ1v) is 6.79. The van der Waals surface area contributed by atoms with Crippen LogP contribution in [0.5, 0.6) is 0 Å². The number of rotatable bonds is 4. The van der Waals surface area contributed by atoms with Gasteiger partial charge in [0.1, 0.15) is 0 Å². The Morgan fingerprint density at radius 2 is 1.94 bits per heavy atom. The van der Waals surface area contributed by atoms with Crippen LogP contribution in [0.15, 0.2) is 17.0 Å². The van der Waals surface area contributed by atoms with E-state index in [0.29, 0.717) is 16.7 Å². The lowest BCUT2D eigenvalue weighted by Crippen LogP contribution is -2.18. The van der Waals surface area contributed by atoms with E-state index in [2.05, 4.69) is 0 Å². The summed E-state index contributed by atoms with van der Waals surface area (Å²) in [6, 6.07) is 3.35. The van der Waals surface area contributed by atoms with Gasteiger partial charge in [0.2, 0.25) is 5.91 Å². The van der Waals surface area contributed by atoms with Gasteiger partial charge < -0.3 is 10.5 Å². The van der Waals surface area contributed by atoms with E-state index >= 15 is 0 Å². The van der Waals surface area contributed by atoms with E-state index in [0.717, 1.165) is 4.90 Å². The Morgan fingerprint density at radius 1 is 1.33 bits per heavy atom. The number of hydrogen-bond donors (Lipinski definition) is 1. The van der Waals surface area contributed by atoms with Crippen molar-refractivity contribution in [3.8, 4) is 0 Å². The smallest absolute Gasteiger partial charge is 0.339 e. The molecule has 0 radical (unpaired) electrons. The molecule has 0 atom stereocenters. The number of amides is 1. The van der Waals surface area contributed by atoms with Crippen molar-refractivity contribution in [2.45, 2.75) is 31.8 Å². The summed E-state index contributed by atoms with van der Waals surface area (Å²) in [6.45, 7) is 5.27. The maximum atomic E-state index is 12.0. The molecule has 0 spiro atoms. The Morgan fingerprint density at radius 3 is 2.39 bits per heavy atom. The van der Waals surface area contributed by atoms with E-state index in [1.165, 1.54) is 11.8 Å². The average molecular weight is 267 g/mol. The molecule has 0 heterocycles. The first kappa shape index (κ1) is 14.6. The largest absolute Gasteiger partial charge is 0.459 e. The Labute approximate surface area is 111 Å². The first-order valence-electron chi connectivity index (χ1n) is 5.56. The molecule has 18 heavy (non-hydrogen) atoms. The van der Waals surface area contributed by atoms with Gasteiger partial charge in [0.15, 0.2) is 0 Å². The summed E-state index contributed by atoms with van der Waals surface area (Å²) in [5.74, 6) is -0.964. The van der Waals surface area contributed by atoms with Gasteiger partial charge in [0, 0.05) is 10.5 Å². The van der Waals surface area contributed by atoms with Crippen molar-refractivity contribution in [2.24, 2.45) is 5.73 Å². The highest BCUT2D eigenvalue weighted by Gasteiger charge is 2.20. The molecule has 0 unspecified atom stereocenters. The molecule has 98 valence electrons. The quantitative estimate of drug-likeness (QED) is 0.671. The number of esters is 1. The lowest BCUT2D eigenvalue weighted by atomic mass is 10.0. The van der Waals surface area contributed by atoms with Crippen molar-refractivity contribution in [2.75, 3.05) is 6.26 Å². The summed E-state index contributed by atoms with van der Waals surface area (Å²) < 4.78 is 5.19. The maximum Gasteiger partial charge on any atom is 0.339 e. The molecule has 0 saturated heterocycles. The predicted molar refractivity (Wildman–Crippen MR) is 72.0 cm³/mol. The Balaban J connectivity index is 3.34. The number of nitrogens with two attached hydrogens (primary N) is 1. The van der Waals surface area contributed by atoms with Crippen LogP contribution in [0.25, 0.3) is 0 Å². The number of benzene rings is 1. The molecule has 0 saturated carbocycles. The molecule has 0 bridgehead atoms. The standard InChI is InChI=1S/C13H17NO3S/c1-7(2)17-13(16)11-8(3)9(12(14)15)5-6-10(11)18-4/h5-7H,1-4H3,(H2,14,15). The minimum absolute atomic E-state index is 0.205. The second-order valence-corrected chi connectivity index (χ2v) is 4.98. The molecule has 1 aromatic rings. The van der Waals surface area contributed by atoms with Crippen molar-refractivity contribution in [1.82, 2.24) is 0 Å². The van der Waals surface area contributed by atoms with Crippen LogP contribution < -0.4 is 5.73 Å². The van der Waals surface area contributed by atoms with Gasteiger partial charge in [-0.05, 0) is 44.7 Å². The van der Waals surface area contributed by atoms with E-state index in [1.807, 2.05) is 6.26 Å². The third-order valence-electron chi connectivity index (χ3n) is 2.46. The van der Waals surface area contributed by atoms with Crippen LogP contribution in [0.2, 0.25) is 0 Å². The van der Waals surface area contributed by atoms with E-state index in [1.54, 1.807) is 32.9 Å². The van der Waals surface area contributed by atoms with Gasteiger partial charge in [0.25, 0.3) is 0 Å². The Hall–Kier alpha value is -1.49. The SMILES string of the molecule is CSc1ccc(C(N)=O)c(C)c1C(=O)OC(C)C. The van der Waals surface area contributed by atoms with Gasteiger partial charge in [-0.25, -0.2) is 4.79 Å². The molecule has 0 aliphatic rings. The maximum absolute atomic E-state index is 12.0. The Kier molecular flexibility index (Phi) is 4.78. The molecule has 1 amide bonds. The molecular weight excluding hydrogens is 250 g/mol. The number of hydrogen-bond acceptors (Lipinski definition) is 4. The average Bonchev–Trinajstić information content (AvgIpc) is 2.26. The van der Waals surface area contributed by atoms with Crippen LogP contribution in [-0.2, 0) is 4.74 Å². The summed E-state index contributed by atoms with van der Waals surface area (Å²) in [6.07, 6.45) is 1.66. The molecule has 2 N–H and O–H groups in total. The zero-order chi connectivity index (χ0) is 13.9. The third kappa shape index (κ3) is 3.04. The molecule has 5 heteroatoms. The fourth-order valence-electron chi connectivity index (χ4n) is 1.65. The van der Waals surface area contributed by atoms with Gasteiger partial charge >= 0.3 is 5.97 Å². The summed E-state index contributed by atoms with van der Waals surface area (Å²) in [5, 5.41) is 0. The van der Waals surface area contributed by atoms with Gasteiger partial charge in [-0.2, -0.15) is 0 Å². The summed E-state index contributed by atoms with van der Waals surface area (Å²) in [7, 11) is 0. The van der Waals surface area contributed by atoms with E-state index in [9.17, 15) is 9.59 Å². The normalized spacial score (nSPS) is 10.5. The fraction of sp³-hybridized carbons (Fsp3) is 0.385. The van der Waals surface area contributed by atoms with Gasteiger partial charge in [0.05, 0.1) is 11.7 Å². The monoisotopic (exact) mass is 267 g/mol. The van der Waals surface area contributed by atoms with E-state index in [4.69, 9.17) is 10.5 Å². The van der Waals surface area contributed by atoms with Crippen LogP contribution in [0, 0.1) is 6.92 Å². The van der Waals surface area contributed by atoms with Crippen molar-refractivity contribution in [3.05, 3.63) is 28.8 Å². The number of ether oxygens (including phenoxy) is 1. The van der Waals surface area contributed by atoms with Crippen molar-refractivity contribution in [1.29, 1.82) is 0 Å². The molecule has 0 aliphatic carbocycles. The number of primary amides is 1.